The number of rotatable bonds is 2. The maximum absolute atomic E-state index is 11.6. The number of halogens is 4. The van der Waals surface area contributed by atoms with Gasteiger partial charge in [0.05, 0.1) is 0 Å². The topological polar surface area (TPSA) is 38.9 Å². The molecule has 1 rings (SSSR count). The van der Waals surface area contributed by atoms with Crippen molar-refractivity contribution in [2.75, 3.05) is 0 Å². The highest BCUT2D eigenvalue weighted by molar-refractivity contribution is 4.83. The smallest absolute Gasteiger partial charge is 0.314 e. The van der Waals surface area contributed by atoms with Crippen molar-refractivity contribution in [2.24, 2.45) is 0 Å². The first-order chi connectivity index (χ1) is 5.11. The molecule has 0 amide bonds. The van der Waals surface area contributed by atoms with Gasteiger partial charge in [0, 0.05) is 0 Å². The second kappa shape index (κ2) is 2.85. The molecule has 0 atom stereocenters. The zero-order chi connectivity index (χ0) is 8.43. The number of hydrogen-bond donors (Lipinski definition) is 0. The molecule has 0 fully saturated rings. The minimum atomic E-state index is -3.00. The lowest BCUT2D eigenvalue weighted by Crippen LogP contribution is -1.81. The van der Waals surface area contributed by atoms with Gasteiger partial charge in [0.15, 0.2) is 0 Å². The average molecular weight is 170 g/mol. The van der Waals surface area contributed by atoms with Crippen LogP contribution in [0.3, 0.4) is 0 Å². The minimum Gasteiger partial charge on any atom is -0.414 e. The lowest BCUT2D eigenvalue weighted by Gasteiger charge is -1.88. The van der Waals surface area contributed by atoms with E-state index in [1.807, 2.05) is 0 Å². The number of aromatic nitrogens is 2. The minimum absolute atomic E-state index is 1.08. The van der Waals surface area contributed by atoms with Crippen LogP contribution in [0.15, 0.2) is 4.42 Å². The number of hydrogen-bond acceptors (Lipinski definition) is 3. The van der Waals surface area contributed by atoms with Gasteiger partial charge in [-0.1, -0.05) is 0 Å². The Bertz CT molecular complexity index is 213. The summed E-state index contributed by atoms with van der Waals surface area (Å²) in [4.78, 5) is 0. The predicted octanol–water partition coefficient (Wildman–Crippen LogP) is 1.94. The van der Waals surface area contributed by atoms with Crippen LogP contribution >= 0.6 is 0 Å². The molecule has 1 aromatic rings. The fourth-order valence-electron chi connectivity index (χ4n) is 0.423. The van der Waals surface area contributed by atoms with Crippen molar-refractivity contribution in [1.82, 2.24) is 10.2 Å². The first-order valence-electron chi connectivity index (χ1n) is 2.51. The van der Waals surface area contributed by atoms with Crippen molar-refractivity contribution in [2.45, 2.75) is 12.9 Å². The molecule has 1 heterocycles. The molecule has 0 aromatic carbocycles. The largest absolute Gasteiger partial charge is 0.414 e. The van der Waals surface area contributed by atoms with Crippen LogP contribution in [0.4, 0.5) is 17.6 Å². The molecule has 0 bridgehead atoms. The van der Waals surface area contributed by atoms with E-state index in [1.165, 1.54) is 0 Å². The van der Waals surface area contributed by atoms with Gasteiger partial charge in [0.2, 0.25) is 0 Å². The molecule has 11 heavy (non-hydrogen) atoms. The highest BCUT2D eigenvalue weighted by atomic mass is 19.3. The summed E-state index contributed by atoms with van der Waals surface area (Å²) in [5, 5.41) is 5.38. The third kappa shape index (κ3) is 1.66. The fraction of sp³-hybridized carbons (Fsp3) is 0.500. The summed E-state index contributed by atoms with van der Waals surface area (Å²) in [6.07, 6.45) is -6.01. The Morgan fingerprint density at radius 3 is 1.45 bits per heavy atom. The summed E-state index contributed by atoms with van der Waals surface area (Å²) in [6, 6.07) is 0. The SMILES string of the molecule is FC(F)c1nnc(C(F)F)o1. The highest BCUT2D eigenvalue weighted by Crippen LogP contribution is 2.21. The molecular weight excluding hydrogens is 168 g/mol. The highest BCUT2D eigenvalue weighted by Gasteiger charge is 2.20. The summed E-state index contributed by atoms with van der Waals surface area (Å²) < 4.78 is 50.3. The van der Waals surface area contributed by atoms with Gasteiger partial charge in [-0.3, -0.25) is 0 Å². The Labute approximate surface area is 58.0 Å². The van der Waals surface area contributed by atoms with Gasteiger partial charge >= 0.3 is 12.9 Å². The molecule has 7 heteroatoms. The molecule has 0 saturated carbocycles. The van der Waals surface area contributed by atoms with Crippen LogP contribution in [0, 0.1) is 0 Å². The van der Waals surface area contributed by atoms with E-state index in [1.54, 1.807) is 0 Å². The lowest BCUT2D eigenvalue weighted by molar-refractivity contribution is 0.0871. The summed E-state index contributed by atoms with van der Waals surface area (Å²) >= 11 is 0. The molecule has 0 saturated heterocycles. The van der Waals surface area contributed by atoms with Gasteiger partial charge in [-0.15, -0.1) is 10.2 Å². The molecule has 3 nitrogen and oxygen atoms in total. The maximum Gasteiger partial charge on any atom is 0.314 e. The average Bonchev–Trinajstić information content (AvgIpc) is 2.33. The normalized spacial score (nSPS) is 11.5. The van der Waals surface area contributed by atoms with Gasteiger partial charge in [-0.25, -0.2) is 0 Å². The van der Waals surface area contributed by atoms with Crippen LogP contribution in [0.25, 0.3) is 0 Å². The first-order valence-corrected chi connectivity index (χ1v) is 2.51. The van der Waals surface area contributed by atoms with Gasteiger partial charge in [-0.2, -0.15) is 17.6 Å². The lowest BCUT2D eigenvalue weighted by atomic mass is 10.7. The van der Waals surface area contributed by atoms with E-state index in [2.05, 4.69) is 14.6 Å². The Kier molecular flexibility index (Phi) is 2.06. The zero-order valence-electron chi connectivity index (χ0n) is 4.97. The Hall–Kier alpha value is -1.14. The molecule has 0 aliphatic rings. The molecule has 0 N–H and O–H groups in total. The van der Waals surface area contributed by atoms with Crippen molar-refractivity contribution in [1.29, 1.82) is 0 Å². The molecule has 0 aliphatic heterocycles. The summed E-state index contributed by atoms with van der Waals surface area (Å²) in [7, 11) is 0. The third-order valence-corrected chi connectivity index (χ3v) is 0.830. The van der Waals surface area contributed by atoms with Crippen LogP contribution in [-0.2, 0) is 0 Å². The van der Waals surface area contributed by atoms with E-state index in [-0.39, 0.29) is 0 Å². The van der Waals surface area contributed by atoms with Crippen LogP contribution in [0.2, 0.25) is 0 Å². The standard InChI is InChI=1S/C4H2F4N2O/c5-1(6)3-9-10-4(11-3)2(7)8/h1-2H. The van der Waals surface area contributed by atoms with Crippen molar-refractivity contribution >= 4 is 0 Å². The molecule has 1 aromatic heterocycles. The summed E-state index contributed by atoms with van der Waals surface area (Å²) in [5.74, 6) is -2.17. The molecule has 0 spiro atoms. The fourth-order valence-corrected chi connectivity index (χ4v) is 0.423. The predicted molar refractivity (Wildman–Crippen MR) is 24.2 cm³/mol. The van der Waals surface area contributed by atoms with E-state index in [4.69, 9.17) is 0 Å². The van der Waals surface area contributed by atoms with E-state index >= 15 is 0 Å². The monoisotopic (exact) mass is 170 g/mol. The Balaban J connectivity index is 2.82. The number of alkyl halides is 4. The summed E-state index contributed by atoms with van der Waals surface area (Å²) in [6.45, 7) is 0. The van der Waals surface area contributed by atoms with E-state index in [9.17, 15) is 17.6 Å². The first kappa shape index (κ1) is 7.96. The second-order valence-electron chi connectivity index (χ2n) is 1.58. The van der Waals surface area contributed by atoms with E-state index < -0.39 is 24.6 Å². The Morgan fingerprint density at radius 1 is 0.909 bits per heavy atom. The van der Waals surface area contributed by atoms with Gasteiger partial charge in [-0.05, 0) is 0 Å². The molecule has 0 unspecified atom stereocenters. The van der Waals surface area contributed by atoms with E-state index in [0.717, 1.165) is 0 Å². The molecule has 0 aliphatic carbocycles. The zero-order valence-corrected chi connectivity index (χ0v) is 4.97. The van der Waals surface area contributed by atoms with Crippen LogP contribution in [0.5, 0.6) is 0 Å². The van der Waals surface area contributed by atoms with Crippen molar-refractivity contribution in [3.05, 3.63) is 11.8 Å². The van der Waals surface area contributed by atoms with Crippen LogP contribution in [-0.4, -0.2) is 10.2 Å². The number of nitrogens with zero attached hydrogens (tertiary/aromatic N) is 2. The van der Waals surface area contributed by atoms with Gasteiger partial charge in [0.25, 0.3) is 11.8 Å². The second-order valence-corrected chi connectivity index (χ2v) is 1.58. The quantitative estimate of drug-likeness (QED) is 0.636. The molecule has 62 valence electrons. The van der Waals surface area contributed by atoms with E-state index in [0.29, 0.717) is 0 Å². The van der Waals surface area contributed by atoms with Crippen LogP contribution in [0.1, 0.15) is 24.6 Å². The van der Waals surface area contributed by atoms with Gasteiger partial charge in [0.1, 0.15) is 0 Å². The van der Waals surface area contributed by atoms with Gasteiger partial charge < -0.3 is 4.42 Å². The molecule has 0 radical (unpaired) electrons. The molecular formula is C4H2F4N2O. The van der Waals surface area contributed by atoms with Crippen molar-refractivity contribution in [3.63, 3.8) is 0 Å². The Morgan fingerprint density at radius 2 is 1.27 bits per heavy atom. The third-order valence-electron chi connectivity index (χ3n) is 0.830. The van der Waals surface area contributed by atoms with Crippen LogP contribution < -0.4 is 0 Å². The summed E-state index contributed by atoms with van der Waals surface area (Å²) in [5.41, 5.74) is 0. The van der Waals surface area contributed by atoms with Crippen molar-refractivity contribution < 1.29 is 22.0 Å². The van der Waals surface area contributed by atoms with Crippen molar-refractivity contribution in [3.8, 4) is 0 Å². The maximum atomic E-state index is 11.6.